The van der Waals surface area contributed by atoms with Gasteiger partial charge in [-0.2, -0.15) is 5.10 Å². The van der Waals surface area contributed by atoms with E-state index in [4.69, 9.17) is 9.84 Å². The Morgan fingerprint density at radius 3 is 3.00 bits per heavy atom. The number of ether oxygens (including phenoxy) is 1. The maximum atomic E-state index is 12.0. The Morgan fingerprint density at radius 2 is 2.32 bits per heavy atom. The molecule has 0 radical (unpaired) electrons. The van der Waals surface area contributed by atoms with E-state index in [1.165, 1.54) is 4.68 Å². The number of aliphatic hydroxyl groups excluding tert-OH is 1. The summed E-state index contributed by atoms with van der Waals surface area (Å²) in [5.41, 5.74) is 0.528. The Morgan fingerprint density at radius 1 is 1.53 bits per heavy atom. The van der Waals surface area contributed by atoms with Crippen molar-refractivity contribution in [2.24, 2.45) is 0 Å². The number of aliphatic hydroxyl groups is 1. The van der Waals surface area contributed by atoms with Crippen LogP contribution in [0, 0.1) is 0 Å². The third kappa shape index (κ3) is 5.30. The maximum Gasteiger partial charge on any atom is 0.283 e. The summed E-state index contributed by atoms with van der Waals surface area (Å²) < 4.78 is 7.07. The van der Waals surface area contributed by atoms with Crippen molar-refractivity contribution in [3.05, 3.63) is 21.0 Å². The number of nitrogens with zero attached hydrogens (tertiary/aromatic N) is 2. The summed E-state index contributed by atoms with van der Waals surface area (Å²) >= 11 is 3.29. The summed E-state index contributed by atoms with van der Waals surface area (Å²) in [5.74, 6) is 0. The average Bonchev–Trinajstić information content (AvgIpc) is 2.42. The van der Waals surface area contributed by atoms with Gasteiger partial charge in [-0.3, -0.25) is 4.79 Å². The minimum absolute atomic E-state index is 0.0126. The molecule has 0 aliphatic carbocycles. The third-order valence-electron chi connectivity index (χ3n) is 2.51. The number of unbranched alkanes of at least 4 members (excludes halogenated alkanes) is 1. The first-order valence-electron chi connectivity index (χ1n) is 6.38. The fourth-order valence-corrected chi connectivity index (χ4v) is 1.93. The van der Waals surface area contributed by atoms with Gasteiger partial charge < -0.3 is 15.2 Å². The molecule has 0 amide bonds. The highest BCUT2D eigenvalue weighted by Crippen LogP contribution is 2.15. The van der Waals surface area contributed by atoms with E-state index in [9.17, 15) is 4.79 Å². The van der Waals surface area contributed by atoms with Crippen molar-refractivity contribution >= 4 is 21.6 Å². The van der Waals surface area contributed by atoms with Crippen LogP contribution in [0.4, 0.5) is 5.69 Å². The lowest BCUT2D eigenvalue weighted by Crippen LogP contribution is -2.25. The average molecular weight is 334 g/mol. The largest absolute Gasteiger partial charge is 0.394 e. The molecule has 0 aliphatic rings. The lowest BCUT2D eigenvalue weighted by Gasteiger charge is -2.10. The summed E-state index contributed by atoms with van der Waals surface area (Å²) in [6.07, 6.45) is 3.59. The topological polar surface area (TPSA) is 76.4 Å². The van der Waals surface area contributed by atoms with Crippen LogP contribution in [-0.4, -0.2) is 41.3 Å². The van der Waals surface area contributed by atoms with E-state index in [-0.39, 0.29) is 12.2 Å². The van der Waals surface area contributed by atoms with Gasteiger partial charge in [-0.1, -0.05) is 13.3 Å². The zero-order chi connectivity index (χ0) is 14.1. The number of nitrogens with one attached hydrogen (secondary N) is 1. The van der Waals surface area contributed by atoms with Crippen LogP contribution in [0.5, 0.6) is 0 Å². The van der Waals surface area contributed by atoms with Gasteiger partial charge in [0.2, 0.25) is 0 Å². The van der Waals surface area contributed by atoms with Crippen molar-refractivity contribution in [2.45, 2.75) is 26.3 Å². The zero-order valence-corrected chi connectivity index (χ0v) is 12.6. The van der Waals surface area contributed by atoms with E-state index >= 15 is 0 Å². The second-order valence-corrected chi connectivity index (χ2v) is 4.81. The van der Waals surface area contributed by atoms with Crippen LogP contribution in [-0.2, 0) is 11.3 Å². The second kappa shape index (κ2) is 9.06. The Labute approximate surface area is 120 Å². The number of hydrogen-bond acceptors (Lipinski definition) is 5. The molecule has 1 heterocycles. The molecule has 19 heavy (non-hydrogen) atoms. The number of rotatable bonds is 9. The highest BCUT2D eigenvalue weighted by molar-refractivity contribution is 9.10. The molecule has 1 rings (SSSR count). The van der Waals surface area contributed by atoms with Crippen LogP contribution in [0.1, 0.15) is 19.8 Å². The van der Waals surface area contributed by atoms with E-state index < -0.39 is 0 Å². The van der Waals surface area contributed by atoms with Gasteiger partial charge in [-0.05, 0) is 22.4 Å². The van der Waals surface area contributed by atoms with Gasteiger partial charge >= 0.3 is 0 Å². The normalized spacial score (nSPS) is 10.7. The molecule has 1 aromatic heterocycles. The molecule has 0 saturated heterocycles. The minimum atomic E-state index is -0.130. The number of aryl methyl sites for hydroxylation is 1. The SMILES string of the molecule is CCCCn1ncc(NCCOCCO)c(Br)c1=O. The molecule has 0 saturated carbocycles. The molecule has 108 valence electrons. The number of halogens is 1. The predicted octanol–water partition coefficient (Wildman–Crippen LogP) is 1.23. The summed E-state index contributed by atoms with van der Waals surface area (Å²) in [5, 5.41) is 15.7. The molecular weight excluding hydrogens is 314 g/mol. The van der Waals surface area contributed by atoms with Crippen molar-refractivity contribution in [1.82, 2.24) is 9.78 Å². The Hall–Kier alpha value is -0.920. The fraction of sp³-hybridized carbons (Fsp3) is 0.667. The smallest absolute Gasteiger partial charge is 0.283 e. The summed E-state index contributed by atoms with van der Waals surface area (Å²) in [6.45, 7) is 4.05. The monoisotopic (exact) mass is 333 g/mol. The molecule has 0 aliphatic heterocycles. The van der Waals surface area contributed by atoms with Gasteiger partial charge in [-0.15, -0.1) is 0 Å². The quantitative estimate of drug-likeness (QED) is 0.664. The maximum absolute atomic E-state index is 12.0. The van der Waals surface area contributed by atoms with E-state index in [0.717, 1.165) is 12.8 Å². The molecule has 0 bridgehead atoms. The first-order chi connectivity index (χ1) is 9.20. The molecular formula is C12H20BrN3O3. The molecule has 7 heteroatoms. The Balaban J connectivity index is 2.56. The summed E-state index contributed by atoms with van der Waals surface area (Å²) in [7, 11) is 0. The van der Waals surface area contributed by atoms with Crippen molar-refractivity contribution in [3.63, 3.8) is 0 Å². The van der Waals surface area contributed by atoms with Crippen molar-refractivity contribution < 1.29 is 9.84 Å². The number of hydrogen-bond donors (Lipinski definition) is 2. The van der Waals surface area contributed by atoms with E-state index in [2.05, 4.69) is 33.3 Å². The number of aromatic nitrogens is 2. The van der Waals surface area contributed by atoms with Gasteiger partial charge in [0.25, 0.3) is 5.56 Å². The molecule has 2 N–H and O–H groups in total. The van der Waals surface area contributed by atoms with E-state index in [1.807, 2.05) is 0 Å². The Bertz CT molecular complexity index is 437. The molecule has 0 spiro atoms. The lowest BCUT2D eigenvalue weighted by atomic mass is 10.3. The van der Waals surface area contributed by atoms with Crippen LogP contribution >= 0.6 is 15.9 Å². The standard InChI is InChI=1S/C12H20BrN3O3/c1-2-3-5-16-12(18)11(13)10(9-15-16)14-4-7-19-8-6-17/h9,14,17H,2-8H2,1H3. The summed E-state index contributed by atoms with van der Waals surface area (Å²) in [6, 6.07) is 0. The van der Waals surface area contributed by atoms with E-state index in [1.54, 1.807) is 6.20 Å². The second-order valence-electron chi connectivity index (χ2n) is 4.02. The van der Waals surface area contributed by atoms with Crippen LogP contribution in [0.15, 0.2) is 15.5 Å². The van der Waals surface area contributed by atoms with Crippen LogP contribution in [0.2, 0.25) is 0 Å². The lowest BCUT2D eigenvalue weighted by molar-refractivity contribution is 0.0992. The van der Waals surface area contributed by atoms with Crippen LogP contribution < -0.4 is 10.9 Å². The molecule has 0 fully saturated rings. The molecule has 0 atom stereocenters. The van der Waals surface area contributed by atoms with Gasteiger partial charge in [-0.25, -0.2) is 4.68 Å². The number of anilines is 1. The Kier molecular flexibility index (Phi) is 7.69. The molecule has 6 nitrogen and oxygen atoms in total. The van der Waals surface area contributed by atoms with Crippen LogP contribution in [0.25, 0.3) is 0 Å². The molecule has 0 unspecified atom stereocenters. The van der Waals surface area contributed by atoms with Crippen molar-refractivity contribution in [3.8, 4) is 0 Å². The van der Waals surface area contributed by atoms with Gasteiger partial charge in [0, 0.05) is 13.1 Å². The van der Waals surface area contributed by atoms with Crippen LogP contribution in [0.3, 0.4) is 0 Å². The first kappa shape index (κ1) is 16.1. The highest BCUT2D eigenvalue weighted by atomic mass is 79.9. The highest BCUT2D eigenvalue weighted by Gasteiger charge is 2.07. The third-order valence-corrected chi connectivity index (χ3v) is 3.27. The molecule has 1 aromatic rings. The molecule has 0 aromatic carbocycles. The minimum Gasteiger partial charge on any atom is -0.394 e. The van der Waals surface area contributed by atoms with Gasteiger partial charge in [0.15, 0.2) is 0 Å². The van der Waals surface area contributed by atoms with Gasteiger partial charge in [0.1, 0.15) is 4.47 Å². The van der Waals surface area contributed by atoms with Gasteiger partial charge in [0.05, 0.1) is 31.7 Å². The fourth-order valence-electron chi connectivity index (χ4n) is 1.48. The van der Waals surface area contributed by atoms with E-state index in [0.29, 0.717) is 36.5 Å². The van der Waals surface area contributed by atoms with Crippen molar-refractivity contribution in [1.29, 1.82) is 0 Å². The van der Waals surface area contributed by atoms with Crippen molar-refractivity contribution in [2.75, 3.05) is 31.7 Å². The summed E-state index contributed by atoms with van der Waals surface area (Å²) in [4.78, 5) is 12.0. The predicted molar refractivity (Wildman–Crippen MR) is 77.5 cm³/mol. The first-order valence-corrected chi connectivity index (χ1v) is 7.18. The zero-order valence-electron chi connectivity index (χ0n) is 11.1.